The highest BCUT2D eigenvalue weighted by atomic mass is 16.4. The number of hydrogen-bond acceptors (Lipinski definition) is 9. The molecule has 3 rings (SSSR count). The van der Waals surface area contributed by atoms with Gasteiger partial charge in [0.25, 0.3) is 5.56 Å². The number of nitrogens with one attached hydrogen (secondary N) is 1. The molecule has 0 aliphatic carbocycles. The maximum atomic E-state index is 12.3. The molecule has 11 nitrogen and oxygen atoms in total. The van der Waals surface area contributed by atoms with Crippen LogP contribution in [0.4, 0.5) is 5.69 Å². The number of fused-ring (bicyclic) bond motifs is 2. The lowest BCUT2D eigenvalue weighted by atomic mass is 10.1. The first kappa shape index (κ1) is 20.9. The van der Waals surface area contributed by atoms with Crippen LogP contribution in [0.2, 0.25) is 0 Å². The molecule has 0 aromatic heterocycles. The molecule has 29 heavy (non-hydrogen) atoms. The number of H-pyrrole nitrogens is 1. The predicted octanol–water partition coefficient (Wildman–Crippen LogP) is -1.97. The molecule has 0 saturated heterocycles. The summed E-state index contributed by atoms with van der Waals surface area (Å²) in [6, 6.07) is 3.53. The van der Waals surface area contributed by atoms with Gasteiger partial charge in [-0.05, 0) is 24.6 Å². The van der Waals surface area contributed by atoms with Crippen LogP contribution < -0.4 is 16.1 Å². The zero-order valence-electron chi connectivity index (χ0n) is 16.2. The minimum Gasteiger partial charge on any atom is -0.394 e. The van der Waals surface area contributed by atoms with Crippen LogP contribution in [0.5, 0.6) is 0 Å². The van der Waals surface area contributed by atoms with Crippen molar-refractivity contribution in [3.63, 3.8) is 0 Å². The van der Waals surface area contributed by atoms with Gasteiger partial charge < -0.3 is 29.9 Å². The van der Waals surface area contributed by atoms with Crippen molar-refractivity contribution in [3.8, 4) is 11.5 Å². The summed E-state index contributed by atoms with van der Waals surface area (Å²) in [5, 5.41) is 39.1. The number of aliphatic hydroxyl groups is 4. The van der Waals surface area contributed by atoms with E-state index in [1.165, 1.54) is 4.57 Å². The van der Waals surface area contributed by atoms with Gasteiger partial charge in [-0.1, -0.05) is 0 Å². The number of rotatable bonds is 6. The van der Waals surface area contributed by atoms with Gasteiger partial charge in [-0.15, -0.1) is 0 Å². The lowest BCUT2D eigenvalue weighted by Crippen LogP contribution is -2.42. The van der Waals surface area contributed by atoms with E-state index in [1.54, 1.807) is 12.1 Å². The number of benzene rings is 1. The van der Waals surface area contributed by atoms with Gasteiger partial charge >= 0.3 is 5.69 Å². The van der Waals surface area contributed by atoms with Crippen LogP contribution in [0.25, 0.3) is 22.6 Å². The maximum absolute atomic E-state index is 12.3. The highest BCUT2D eigenvalue weighted by Gasteiger charge is 2.27. The van der Waals surface area contributed by atoms with Crippen molar-refractivity contribution in [1.82, 2.24) is 19.5 Å². The van der Waals surface area contributed by atoms with E-state index in [1.807, 2.05) is 25.9 Å². The van der Waals surface area contributed by atoms with Crippen LogP contribution in [-0.2, 0) is 6.54 Å². The molecule has 0 saturated carbocycles. The van der Waals surface area contributed by atoms with Crippen molar-refractivity contribution in [1.29, 1.82) is 0 Å². The van der Waals surface area contributed by atoms with E-state index in [9.17, 15) is 24.9 Å². The Kier molecular flexibility index (Phi) is 5.66. The molecule has 1 aromatic rings. The monoisotopic (exact) mass is 405 g/mol. The summed E-state index contributed by atoms with van der Waals surface area (Å²) in [5.74, 6) is -0.0652. The van der Waals surface area contributed by atoms with E-state index in [4.69, 9.17) is 5.11 Å². The van der Waals surface area contributed by atoms with Gasteiger partial charge in [0.15, 0.2) is 11.5 Å². The summed E-state index contributed by atoms with van der Waals surface area (Å²) >= 11 is 0. The number of anilines is 1. The number of aryl methyl sites for hydroxylation is 1. The second-order valence-electron chi connectivity index (χ2n) is 7.10. The zero-order chi connectivity index (χ0) is 21.5. The Labute approximate surface area is 164 Å². The molecule has 3 atom stereocenters. The van der Waals surface area contributed by atoms with E-state index in [-0.39, 0.29) is 18.1 Å². The van der Waals surface area contributed by atoms with Crippen molar-refractivity contribution in [2.24, 2.45) is 0 Å². The van der Waals surface area contributed by atoms with E-state index < -0.39 is 36.2 Å². The summed E-state index contributed by atoms with van der Waals surface area (Å²) in [6.45, 7) is 0.831. The van der Waals surface area contributed by atoms with Crippen molar-refractivity contribution in [2.45, 2.75) is 31.8 Å². The predicted molar refractivity (Wildman–Crippen MR) is 105 cm³/mol. The molecule has 0 radical (unpaired) electrons. The molecule has 0 bridgehead atoms. The third-order valence-electron chi connectivity index (χ3n) is 4.75. The average Bonchev–Trinajstić information content (AvgIpc) is 2.66. The number of hydrogen-bond donors (Lipinski definition) is 5. The minimum absolute atomic E-state index is 0.0652. The summed E-state index contributed by atoms with van der Waals surface area (Å²) in [5.41, 5.74) is 0.925. The molecule has 0 amide bonds. The minimum atomic E-state index is -1.65. The first-order chi connectivity index (χ1) is 13.6. The van der Waals surface area contributed by atoms with Crippen LogP contribution in [0.1, 0.15) is 5.56 Å². The standard InChI is InChI=1S/C18H23N5O6/c1-8-4-9-11(5-10(8)22(2)3)23(6-12(25)15(27)13(26)7-24)16-14(19-9)17(28)21-18(29)20-16/h4-5,12-13,15,24-27H,6-7H2,1-3H3,(H,21,28,29)/t12-,13+,15-/m1/s1. The summed E-state index contributed by atoms with van der Waals surface area (Å²) in [4.78, 5) is 36.1. The Hall–Kier alpha value is -2.86. The third-order valence-corrected chi connectivity index (χ3v) is 4.75. The summed E-state index contributed by atoms with van der Waals surface area (Å²) in [6.07, 6.45) is -4.73. The van der Waals surface area contributed by atoms with E-state index >= 15 is 0 Å². The quantitative estimate of drug-likeness (QED) is 0.293. The molecule has 0 fully saturated rings. The van der Waals surface area contributed by atoms with Crippen LogP contribution in [-0.4, -0.2) is 79.0 Å². The second kappa shape index (κ2) is 7.87. The SMILES string of the molecule is Cc1cc2nc3c(=O)[nH]c(=O)nc-3n(C[C@@H](O)[C@@H](O)[C@@H](O)CO)c2cc1N(C)C. The Morgan fingerprint density at radius 3 is 2.45 bits per heavy atom. The molecule has 0 spiro atoms. The zero-order valence-corrected chi connectivity index (χ0v) is 16.2. The Morgan fingerprint density at radius 2 is 1.83 bits per heavy atom. The molecule has 11 heteroatoms. The molecule has 5 N–H and O–H groups in total. The van der Waals surface area contributed by atoms with Gasteiger partial charge in [-0.25, -0.2) is 9.78 Å². The van der Waals surface area contributed by atoms with Crippen molar-refractivity contribution in [2.75, 3.05) is 25.6 Å². The molecule has 0 unspecified atom stereocenters. The maximum Gasteiger partial charge on any atom is 0.349 e. The lowest BCUT2D eigenvalue weighted by molar-refractivity contribution is -0.0802. The fourth-order valence-electron chi connectivity index (χ4n) is 3.26. The van der Waals surface area contributed by atoms with Crippen molar-refractivity contribution < 1.29 is 20.4 Å². The Morgan fingerprint density at radius 1 is 1.14 bits per heavy atom. The van der Waals surface area contributed by atoms with Crippen LogP contribution in [0, 0.1) is 6.92 Å². The molecule has 2 aliphatic rings. The van der Waals surface area contributed by atoms with E-state index in [0.29, 0.717) is 11.0 Å². The molecule has 156 valence electrons. The highest BCUT2D eigenvalue weighted by molar-refractivity contribution is 5.84. The third kappa shape index (κ3) is 3.85. The first-order valence-electron chi connectivity index (χ1n) is 8.91. The number of aliphatic hydroxyl groups excluding tert-OH is 4. The lowest BCUT2D eigenvalue weighted by Gasteiger charge is -2.25. The van der Waals surface area contributed by atoms with Gasteiger partial charge in [0.2, 0.25) is 0 Å². The molecule has 2 heterocycles. The fraction of sp³-hybridized carbons (Fsp3) is 0.444. The van der Waals surface area contributed by atoms with Crippen LogP contribution in [0.15, 0.2) is 21.7 Å². The topological polar surface area (TPSA) is 165 Å². The van der Waals surface area contributed by atoms with E-state index in [0.717, 1.165) is 11.3 Å². The molecule has 2 aliphatic heterocycles. The van der Waals surface area contributed by atoms with Gasteiger partial charge in [-0.2, -0.15) is 4.98 Å². The fourth-order valence-corrected chi connectivity index (χ4v) is 3.26. The van der Waals surface area contributed by atoms with Crippen LogP contribution in [0.3, 0.4) is 0 Å². The number of aromatic amines is 1. The highest BCUT2D eigenvalue weighted by Crippen LogP contribution is 2.28. The van der Waals surface area contributed by atoms with Crippen molar-refractivity contribution in [3.05, 3.63) is 38.5 Å². The normalized spacial score (nSPS) is 14.9. The van der Waals surface area contributed by atoms with Gasteiger partial charge in [-0.3, -0.25) is 9.78 Å². The molecular formula is C18H23N5O6. The van der Waals surface area contributed by atoms with Gasteiger partial charge in [0, 0.05) is 19.8 Å². The summed E-state index contributed by atoms with van der Waals surface area (Å²) < 4.78 is 1.40. The van der Waals surface area contributed by atoms with Gasteiger partial charge in [0.05, 0.1) is 24.2 Å². The first-order valence-corrected chi connectivity index (χ1v) is 8.91. The second-order valence-corrected chi connectivity index (χ2v) is 7.10. The smallest absolute Gasteiger partial charge is 0.349 e. The van der Waals surface area contributed by atoms with E-state index in [2.05, 4.69) is 15.0 Å². The number of aromatic nitrogens is 4. The average molecular weight is 405 g/mol. The summed E-state index contributed by atoms with van der Waals surface area (Å²) in [7, 11) is 3.70. The van der Waals surface area contributed by atoms with Crippen LogP contribution >= 0.6 is 0 Å². The molecular weight excluding hydrogens is 382 g/mol. The Bertz CT molecular complexity index is 1120. The Balaban J connectivity index is 2.31. The molecule has 1 aromatic carbocycles. The number of nitrogens with zero attached hydrogens (tertiary/aromatic N) is 4. The largest absolute Gasteiger partial charge is 0.394 e. The van der Waals surface area contributed by atoms with Crippen molar-refractivity contribution >= 4 is 16.7 Å². The van der Waals surface area contributed by atoms with Gasteiger partial charge in [0.1, 0.15) is 18.3 Å².